The lowest BCUT2D eigenvalue weighted by Crippen LogP contribution is -2.27. The molecule has 0 N–H and O–H groups in total. The Balaban J connectivity index is 2.15. The third kappa shape index (κ3) is 3.59. The summed E-state index contributed by atoms with van der Waals surface area (Å²) in [6, 6.07) is 0. The first-order chi connectivity index (χ1) is 11.7. The number of hydrogen-bond acceptors (Lipinski definition) is 4. The van der Waals surface area contributed by atoms with Gasteiger partial charge in [0.15, 0.2) is 5.16 Å². The van der Waals surface area contributed by atoms with Crippen LogP contribution in [0.2, 0.25) is 0 Å². The molecule has 0 saturated heterocycles. The fourth-order valence-electron chi connectivity index (χ4n) is 3.63. The summed E-state index contributed by atoms with van der Waals surface area (Å²) in [6.45, 7) is 15.6. The van der Waals surface area contributed by atoms with E-state index in [0.29, 0.717) is 17.9 Å². The second-order valence-corrected chi connectivity index (χ2v) is 10.5. The van der Waals surface area contributed by atoms with E-state index in [1.807, 2.05) is 11.5 Å². The maximum absolute atomic E-state index is 13.2. The zero-order chi connectivity index (χ0) is 18.4. The van der Waals surface area contributed by atoms with E-state index in [-0.39, 0.29) is 5.56 Å². The third-order valence-electron chi connectivity index (χ3n) is 5.06. The molecule has 1 aliphatic rings. The molecule has 0 aromatic carbocycles. The van der Waals surface area contributed by atoms with Crippen LogP contribution in [0.1, 0.15) is 51.5 Å². The van der Waals surface area contributed by atoms with Gasteiger partial charge in [0.1, 0.15) is 4.83 Å². The van der Waals surface area contributed by atoms with Crippen molar-refractivity contribution >= 4 is 33.3 Å². The van der Waals surface area contributed by atoms with Crippen molar-refractivity contribution in [2.45, 2.75) is 65.6 Å². The average Bonchev–Trinajstić information content (AvgIpc) is 2.87. The van der Waals surface area contributed by atoms with E-state index in [0.717, 1.165) is 46.0 Å². The number of aryl methyl sites for hydroxylation is 1. The van der Waals surface area contributed by atoms with Crippen molar-refractivity contribution < 1.29 is 0 Å². The number of hydrogen-bond donors (Lipinski definition) is 0. The molecule has 0 spiro atoms. The molecule has 136 valence electrons. The van der Waals surface area contributed by atoms with E-state index in [9.17, 15) is 4.79 Å². The van der Waals surface area contributed by atoms with Crippen LogP contribution in [0.4, 0.5) is 0 Å². The number of thiophene rings is 1. The van der Waals surface area contributed by atoms with Gasteiger partial charge in [-0.2, -0.15) is 0 Å². The van der Waals surface area contributed by atoms with E-state index in [1.54, 1.807) is 23.1 Å². The highest BCUT2D eigenvalue weighted by Crippen LogP contribution is 2.42. The predicted octanol–water partition coefficient (Wildman–Crippen LogP) is 5.30. The van der Waals surface area contributed by atoms with Gasteiger partial charge in [-0.1, -0.05) is 51.6 Å². The van der Waals surface area contributed by atoms with Crippen LogP contribution in [0, 0.1) is 11.3 Å². The van der Waals surface area contributed by atoms with Gasteiger partial charge in [-0.25, -0.2) is 4.98 Å². The predicted molar refractivity (Wildman–Crippen MR) is 110 cm³/mol. The van der Waals surface area contributed by atoms with Crippen molar-refractivity contribution in [2.75, 3.05) is 5.75 Å². The summed E-state index contributed by atoms with van der Waals surface area (Å²) >= 11 is 3.38. The van der Waals surface area contributed by atoms with Crippen molar-refractivity contribution in [3.8, 4) is 0 Å². The van der Waals surface area contributed by atoms with Gasteiger partial charge in [-0.05, 0) is 48.8 Å². The quantitative estimate of drug-likeness (QED) is 0.413. The summed E-state index contributed by atoms with van der Waals surface area (Å²) in [5, 5.41) is 1.70. The van der Waals surface area contributed by atoms with Gasteiger partial charge < -0.3 is 0 Å². The van der Waals surface area contributed by atoms with Gasteiger partial charge >= 0.3 is 0 Å². The topological polar surface area (TPSA) is 34.9 Å². The summed E-state index contributed by atoms with van der Waals surface area (Å²) in [4.78, 5) is 20.4. The van der Waals surface area contributed by atoms with Gasteiger partial charge in [0, 0.05) is 11.4 Å². The largest absolute Gasteiger partial charge is 0.283 e. The van der Waals surface area contributed by atoms with E-state index < -0.39 is 0 Å². The molecule has 0 amide bonds. The first-order valence-electron chi connectivity index (χ1n) is 9.04. The van der Waals surface area contributed by atoms with Crippen molar-refractivity contribution in [1.82, 2.24) is 9.55 Å². The molecule has 0 fully saturated rings. The highest BCUT2D eigenvalue weighted by atomic mass is 32.2. The van der Waals surface area contributed by atoms with Crippen LogP contribution in [0.5, 0.6) is 0 Å². The molecule has 2 aromatic rings. The second kappa shape index (κ2) is 6.92. The van der Waals surface area contributed by atoms with Crippen LogP contribution in [-0.4, -0.2) is 15.3 Å². The number of nitrogens with zero attached hydrogens (tertiary/aromatic N) is 2. The van der Waals surface area contributed by atoms with Gasteiger partial charge in [0.05, 0.1) is 5.39 Å². The Hall–Kier alpha value is -1.07. The van der Waals surface area contributed by atoms with Crippen LogP contribution < -0.4 is 5.56 Å². The van der Waals surface area contributed by atoms with Crippen molar-refractivity contribution in [3.05, 3.63) is 32.9 Å². The molecule has 0 saturated carbocycles. The van der Waals surface area contributed by atoms with E-state index >= 15 is 0 Å². The van der Waals surface area contributed by atoms with Crippen LogP contribution in [0.3, 0.4) is 0 Å². The van der Waals surface area contributed by atoms with E-state index in [2.05, 4.69) is 34.3 Å². The lowest BCUT2D eigenvalue weighted by Gasteiger charge is -2.33. The third-order valence-corrected chi connectivity index (χ3v) is 7.07. The fraction of sp³-hybridized carbons (Fsp3) is 0.600. The average molecular weight is 377 g/mol. The molecule has 3 nitrogen and oxygen atoms in total. The number of rotatable bonds is 4. The molecule has 0 radical (unpaired) electrons. The standard InChI is InChI=1S/C20H28N2OS2/c1-7-24-19-21-17-16(18(23)22(19)11-12(2)3)14-9-8-13(20(4,5)6)10-15(14)25-17/h13H,2,7-11H2,1,3-6H3. The van der Waals surface area contributed by atoms with Crippen molar-refractivity contribution in [1.29, 1.82) is 0 Å². The first-order valence-corrected chi connectivity index (χ1v) is 10.8. The number of aromatic nitrogens is 2. The molecule has 0 bridgehead atoms. The number of allylic oxidation sites excluding steroid dienone is 1. The Morgan fingerprint density at radius 3 is 2.76 bits per heavy atom. The van der Waals surface area contributed by atoms with Crippen molar-refractivity contribution in [2.24, 2.45) is 11.3 Å². The first kappa shape index (κ1) is 18.7. The Bertz CT molecular complexity index is 870. The summed E-state index contributed by atoms with van der Waals surface area (Å²) < 4.78 is 1.82. The number of thioether (sulfide) groups is 1. The van der Waals surface area contributed by atoms with Gasteiger partial charge in [-0.3, -0.25) is 9.36 Å². The van der Waals surface area contributed by atoms with Crippen LogP contribution in [0.15, 0.2) is 22.1 Å². The van der Waals surface area contributed by atoms with Gasteiger partial charge in [0.2, 0.25) is 0 Å². The Morgan fingerprint density at radius 1 is 1.44 bits per heavy atom. The molecule has 2 aromatic heterocycles. The molecule has 3 rings (SSSR count). The molecular weight excluding hydrogens is 348 g/mol. The Labute approximate surface area is 158 Å². The van der Waals surface area contributed by atoms with Gasteiger partial charge in [0.25, 0.3) is 5.56 Å². The normalized spacial score (nSPS) is 17.7. The summed E-state index contributed by atoms with van der Waals surface area (Å²) in [5.74, 6) is 1.58. The van der Waals surface area contributed by atoms with Crippen molar-refractivity contribution in [3.63, 3.8) is 0 Å². The molecule has 5 heteroatoms. The van der Waals surface area contributed by atoms with Crippen LogP contribution >= 0.6 is 23.1 Å². The highest BCUT2D eigenvalue weighted by Gasteiger charge is 2.32. The lowest BCUT2D eigenvalue weighted by molar-refractivity contribution is 0.218. The van der Waals surface area contributed by atoms with E-state index in [1.165, 1.54) is 10.4 Å². The Kier molecular flexibility index (Phi) is 5.18. The summed E-state index contributed by atoms with van der Waals surface area (Å²) in [7, 11) is 0. The van der Waals surface area contributed by atoms with Gasteiger partial charge in [-0.15, -0.1) is 11.3 Å². The molecule has 1 atom stereocenters. The zero-order valence-electron chi connectivity index (χ0n) is 15.9. The maximum Gasteiger partial charge on any atom is 0.263 e. The maximum atomic E-state index is 13.2. The fourth-order valence-corrected chi connectivity index (χ4v) is 5.69. The van der Waals surface area contributed by atoms with Crippen LogP contribution in [0.25, 0.3) is 10.2 Å². The molecule has 0 aliphatic heterocycles. The monoisotopic (exact) mass is 376 g/mol. The Morgan fingerprint density at radius 2 is 2.16 bits per heavy atom. The second-order valence-electron chi connectivity index (χ2n) is 8.17. The smallest absolute Gasteiger partial charge is 0.263 e. The summed E-state index contributed by atoms with van der Waals surface area (Å²) in [6.07, 6.45) is 3.24. The minimum Gasteiger partial charge on any atom is -0.283 e. The molecular formula is C20H28N2OS2. The SMILES string of the molecule is C=C(C)Cn1c(SCC)nc2sc3c(c2c1=O)CCC(C(C)(C)C)C3. The molecule has 2 heterocycles. The zero-order valence-corrected chi connectivity index (χ0v) is 17.6. The minimum atomic E-state index is 0.121. The molecule has 1 unspecified atom stereocenters. The van der Waals surface area contributed by atoms with Crippen LogP contribution in [-0.2, 0) is 19.4 Å². The summed E-state index contributed by atoms with van der Waals surface area (Å²) in [5.41, 5.74) is 2.68. The lowest BCUT2D eigenvalue weighted by atomic mass is 9.72. The molecule has 1 aliphatic carbocycles. The van der Waals surface area contributed by atoms with E-state index in [4.69, 9.17) is 4.98 Å². The minimum absolute atomic E-state index is 0.121. The highest BCUT2D eigenvalue weighted by molar-refractivity contribution is 7.99. The number of fused-ring (bicyclic) bond motifs is 3. The molecule has 25 heavy (non-hydrogen) atoms.